The van der Waals surface area contributed by atoms with Crippen molar-refractivity contribution in [3.8, 4) is 0 Å². The summed E-state index contributed by atoms with van der Waals surface area (Å²) in [7, 11) is 0. The smallest absolute Gasteiger partial charge is 0.0482 e. The van der Waals surface area contributed by atoms with E-state index in [4.69, 9.17) is 0 Å². The van der Waals surface area contributed by atoms with Crippen molar-refractivity contribution < 1.29 is 0 Å². The van der Waals surface area contributed by atoms with Crippen LogP contribution in [0.5, 0.6) is 0 Å². The van der Waals surface area contributed by atoms with Crippen LogP contribution in [0.1, 0.15) is 12.8 Å². The van der Waals surface area contributed by atoms with Crippen molar-refractivity contribution in [1.82, 2.24) is 0 Å². The lowest BCUT2D eigenvalue weighted by Crippen LogP contribution is -2.19. The van der Waals surface area contributed by atoms with E-state index in [0.717, 1.165) is 12.8 Å². The maximum Gasteiger partial charge on any atom is 0.0482 e. The van der Waals surface area contributed by atoms with Gasteiger partial charge in [-0.15, -0.1) is 0 Å². The summed E-state index contributed by atoms with van der Waals surface area (Å²) in [4.78, 5) is 0. The van der Waals surface area contributed by atoms with Gasteiger partial charge >= 0.3 is 0 Å². The van der Waals surface area contributed by atoms with Crippen molar-refractivity contribution in [3.05, 3.63) is 78.4 Å². The molecule has 96 valence electrons. The molecule has 0 fully saturated rings. The van der Waals surface area contributed by atoms with Gasteiger partial charge in [0, 0.05) is 17.6 Å². The highest BCUT2D eigenvalue weighted by Crippen LogP contribution is 2.26. The van der Waals surface area contributed by atoms with Crippen LogP contribution in [0.4, 0.5) is 5.69 Å². The third kappa shape index (κ3) is 3.05. The van der Waals surface area contributed by atoms with Gasteiger partial charge in [-0.25, -0.2) is 0 Å². The highest BCUT2D eigenvalue weighted by molar-refractivity contribution is 5.46. The van der Waals surface area contributed by atoms with Gasteiger partial charge in [-0.3, -0.25) is 0 Å². The third-order valence-electron chi connectivity index (χ3n) is 3.66. The van der Waals surface area contributed by atoms with Gasteiger partial charge in [0.25, 0.3) is 0 Å². The Hall–Kier alpha value is -2.02. The van der Waals surface area contributed by atoms with Crippen LogP contribution >= 0.6 is 0 Å². The molecule has 0 radical (unpaired) electrons. The van der Waals surface area contributed by atoms with Crippen LogP contribution in [-0.4, -0.2) is 6.04 Å². The third-order valence-corrected chi connectivity index (χ3v) is 3.66. The quantitative estimate of drug-likeness (QED) is 0.832. The number of anilines is 1. The highest BCUT2D eigenvalue weighted by atomic mass is 14.9. The minimum Gasteiger partial charge on any atom is -0.379 e. The van der Waals surface area contributed by atoms with E-state index < -0.39 is 0 Å². The van der Waals surface area contributed by atoms with Gasteiger partial charge in [0.05, 0.1) is 0 Å². The van der Waals surface area contributed by atoms with Crippen LogP contribution in [-0.2, 0) is 0 Å². The molecule has 1 N–H and O–H groups in total. The second-order valence-corrected chi connectivity index (χ2v) is 5.07. The molecule has 1 aromatic rings. The molecule has 2 atom stereocenters. The van der Waals surface area contributed by atoms with Gasteiger partial charge in [0.15, 0.2) is 0 Å². The predicted octanol–water partition coefficient (Wildman–Crippen LogP) is 4.49. The Morgan fingerprint density at radius 1 is 0.947 bits per heavy atom. The fourth-order valence-corrected chi connectivity index (χ4v) is 2.60. The summed E-state index contributed by atoms with van der Waals surface area (Å²) in [6.07, 6.45) is 17.9. The van der Waals surface area contributed by atoms with E-state index in [1.54, 1.807) is 0 Å². The molecule has 2 aliphatic rings. The molecule has 1 heteroatoms. The number of para-hydroxylation sites is 1. The van der Waals surface area contributed by atoms with Crippen LogP contribution in [0.25, 0.3) is 0 Å². The molecule has 1 aromatic carbocycles. The van der Waals surface area contributed by atoms with Crippen molar-refractivity contribution in [1.29, 1.82) is 0 Å². The molecule has 0 aromatic heterocycles. The second kappa shape index (κ2) is 5.75. The molecule has 0 aliphatic heterocycles. The molecule has 2 aliphatic carbocycles. The fraction of sp³-hybridized carbons (Fsp3) is 0.222. The molecule has 1 nitrogen and oxygen atoms in total. The van der Waals surface area contributed by atoms with Crippen LogP contribution in [0.3, 0.4) is 0 Å². The number of benzene rings is 1. The summed E-state index contributed by atoms with van der Waals surface area (Å²) in [5, 5.41) is 3.54. The Kier molecular flexibility index (Phi) is 3.64. The summed E-state index contributed by atoms with van der Waals surface area (Å²) in [6.45, 7) is 0. The van der Waals surface area contributed by atoms with Crippen molar-refractivity contribution in [3.63, 3.8) is 0 Å². The zero-order valence-electron chi connectivity index (χ0n) is 11.0. The Morgan fingerprint density at radius 2 is 1.84 bits per heavy atom. The molecule has 0 heterocycles. The van der Waals surface area contributed by atoms with Gasteiger partial charge in [-0.1, -0.05) is 60.7 Å². The Bertz CT molecular complexity index is 534. The van der Waals surface area contributed by atoms with Crippen molar-refractivity contribution in [2.24, 2.45) is 5.92 Å². The number of allylic oxidation sites excluding steroid dienone is 6. The topological polar surface area (TPSA) is 12.0 Å². The first-order valence-corrected chi connectivity index (χ1v) is 6.95. The number of rotatable bonds is 3. The molecule has 2 unspecified atom stereocenters. The van der Waals surface area contributed by atoms with E-state index in [9.17, 15) is 0 Å². The zero-order chi connectivity index (χ0) is 12.9. The van der Waals surface area contributed by atoms with Gasteiger partial charge < -0.3 is 5.32 Å². The second-order valence-electron chi connectivity index (χ2n) is 5.07. The Balaban J connectivity index is 1.60. The lowest BCUT2D eigenvalue weighted by Gasteiger charge is -2.22. The van der Waals surface area contributed by atoms with Crippen LogP contribution < -0.4 is 5.32 Å². The zero-order valence-corrected chi connectivity index (χ0v) is 11.0. The molecule has 19 heavy (non-hydrogen) atoms. The van der Waals surface area contributed by atoms with Gasteiger partial charge in [-0.2, -0.15) is 0 Å². The van der Waals surface area contributed by atoms with E-state index in [2.05, 4.69) is 72.1 Å². The number of nitrogens with one attached hydrogen (secondary N) is 1. The standard InChI is InChI=1S/C18H19N/c1-3-7-15(8-4-1)16-11-13-18(14-12-16)19-17-9-5-2-6-10-17/h1-7,9-13,15,18-19H,8,14H2. The number of hydrogen-bond acceptors (Lipinski definition) is 1. The average molecular weight is 249 g/mol. The van der Waals surface area contributed by atoms with E-state index in [1.807, 2.05) is 6.07 Å². The van der Waals surface area contributed by atoms with E-state index in [0.29, 0.717) is 12.0 Å². The molecule has 3 rings (SSSR count). The van der Waals surface area contributed by atoms with E-state index >= 15 is 0 Å². The van der Waals surface area contributed by atoms with Crippen molar-refractivity contribution in [2.75, 3.05) is 5.32 Å². The number of hydrogen-bond donors (Lipinski definition) is 1. The predicted molar refractivity (Wildman–Crippen MR) is 82.1 cm³/mol. The SMILES string of the molecule is C1=CCC(C2=CCC(Nc3ccccc3)C=C2)C=C1. The van der Waals surface area contributed by atoms with E-state index in [-0.39, 0.29) is 0 Å². The molecule has 0 amide bonds. The van der Waals surface area contributed by atoms with Gasteiger partial charge in [0.1, 0.15) is 0 Å². The normalized spacial score (nSPS) is 25.2. The van der Waals surface area contributed by atoms with Gasteiger partial charge in [0.2, 0.25) is 0 Å². The summed E-state index contributed by atoms with van der Waals surface area (Å²) < 4.78 is 0. The van der Waals surface area contributed by atoms with Crippen LogP contribution in [0.15, 0.2) is 78.4 Å². The highest BCUT2D eigenvalue weighted by Gasteiger charge is 2.14. The maximum atomic E-state index is 3.54. The monoisotopic (exact) mass is 249 g/mol. The molecular formula is C18H19N. The molecule has 0 saturated heterocycles. The first-order valence-electron chi connectivity index (χ1n) is 6.95. The molecule has 0 saturated carbocycles. The van der Waals surface area contributed by atoms with Crippen LogP contribution in [0, 0.1) is 5.92 Å². The Morgan fingerprint density at radius 3 is 2.53 bits per heavy atom. The minimum absolute atomic E-state index is 0.411. The summed E-state index contributed by atoms with van der Waals surface area (Å²) in [6, 6.07) is 10.8. The maximum absolute atomic E-state index is 3.54. The van der Waals surface area contributed by atoms with Crippen molar-refractivity contribution >= 4 is 5.69 Å². The van der Waals surface area contributed by atoms with E-state index in [1.165, 1.54) is 11.3 Å². The first kappa shape index (κ1) is 12.0. The van der Waals surface area contributed by atoms with Crippen LogP contribution in [0.2, 0.25) is 0 Å². The lowest BCUT2D eigenvalue weighted by molar-refractivity contribution is 0.757. The molecular weight excluding hydrogens is 230 g/mol. The Labute approximate surface area is 115 Å². The molecule has 0 spiro atoms. The average Bonchev–Trinajstić information content (AvgIpc) is 2.50. The first-order chi connectivity index (χ1) is 9.42. The minimum atomic E-state index is 0.411. The molecule has 0 bridgehead atoms. The summed E-state index contributed by atoms with van der Waals surface area (Å²) in [5.41, 5.74) is 2.64. The fourth-order valence-electron chi connectivity index (χ4n) is 2.60. The largest absolute Gasteiger partial charge is 0.379 e. The lowest BCUT2D eigenvalue weighted by atomic mass is 9.88. The summed E-state index contributed by atoms with van der Waals surface area (Å²) in [5.74, 6) is 0.568. The summed E-state index contributed by atoms with van der Waals surface area (Å²) >= 11 is 0. The van der Waals surface area contributed by atoms with Gasteiger partial charge in [-0.05, 0) is 30.5 Å². The van der Waals surface area contributed by atoms with Crippen molar-refractivity contribution in [2.45, 2.75) is 18.9 Å².